The Hall–Kier alpha value is -1.95. The lowest BCUT2D eigenvalue weighted by atomic mass is 10.0. The van der Waals surface area contributed by atoms with Gasteiger partial charge in [-0.15, -0.1) is 0 Å². The van der Waals surface area contributed by atoms with Gasteiger partial charge in [0, 0.05) is 11.8 Å². The van der Waals surface area contributed by atoms with Gasteiger partial charge in [-0.05, 0) is 30.2 Å². The van der Waals surface area contributed by atoms with Gasteiger partial charge < -0.3 is 0 Å². The van der Waals surface area contributed by atoms with Crippen LogP contribution in [0.25, 0.3) is 5.57 Å². The molecule has 0 aliphatic carbocycles. The van der Waals surface area contributed by atoms with Gasteiger partial charge in [0.15, 0.2) is 9.84 Å². The molecule has 5 nitrogen and oxygen atoms in total. The van der Waals surface area contributed by atoms with Crippen molar-refractivity contribution in [2.45, 2.75) is 18.2 Å². The maximum Gasteiger partial charge on any atom is 0.254 e. The topological polar surface area (TPSA) is 80.3 Å². The number of carbonyl (C=O) groups excluding carboxylic acids is 2. The van der Waals surface area contributed by atoms with Gasteiger partial charge in [0.05, 0.1) is 11.3 Å². The van der Waals surface area contributed by atoms with E-state index in [2.05, 4.69) is 5.32 Å². The van der Waals surface area contributed by atoms with E-state index in [1.807, 2.05) is 0 Å². The molecule has 0 aromatic heterocycles. The average Bonchev–Trinajstić information content (AvgIpc) is 2.66. The number of sulfone groups is 1. The van der Waals surface area contributed by atoms with E-state index < -0.39 is 9.84 Å². The summed E-state index contributed by atoms with van der Waals surface area (Å²) < 4.78 is 22.7. The molecule has 1 heterocycles. The van der Waals surface area contributed by atoms with Gasteiger partial charge in [0.25, 0.3) is 5.91 Å². The number of rotatable bonds is 2. The molecular weight excluding hydrogens is 266 g/mol. The van der Waals surface area contributed by atoms with Gasteiger partial charge in [0.1, 0.15) is 0 Å². The smallest absolute Gasteiger partial charge is 0.254 e. The summed E-state index contributed by atoms with van der Waals surface area (Å²) in [5.41, 5.74) is 1.84. The normalized spacial score (nSPS) is 18.4. The van der Waals surface area contributed by atoms with Gasteiger partial charge in [-0.2, -0.15) is 0 Å². The van der Waals surface area contributed by atoms with Crippen molar-refractivity contribution in [3.63, 3.8) is 0 Å². The zero-order chi connectivity index (χ0) is 14.2. The molecule has 1 N–H and O–H groups in total. The second-order valence-corrected chi connectivity index (χ2v) is 6.47. The molecule has 2 rings (SSSR count). The van der Waals surface area contributed by atoms with Gasteiger partial charge >= 0.3 is 0 Å². The Labute approximate surface area is 111 Å². The number of hydrogen-bond acceptors (Lipinski definition) is 4. The lowest BCUT2D eigenvalue weighted by molar-refractivity contribution is -0.124. The highest BCUT2D eigenvalue weighted by molar-refractivity contribution is 7.90. The highest BCUT2D eigenvalue weighted by Crippen LogP contribution is 2.24. The van der Waals surface area contributed by atoms with Crippen LogP contribution in [-0.2, 0) is 19.4 Å². The molecular formula is C13H13NO4S. The number of imide groups is 1. The quantitative estimate of drug-likeness (QED) is 0.644. The van der Waals surface area contributed by atoms with E-state index in [0.29, 0.717) is 11.1 Å². The first-order valence-electron chi connectivity index (χ1n) is 5.63. The van der Waals surface area contributed by atoms with Gasteiger partial charge in [-0.1, -0.05) is 12.1 Å². The number of allylic oxidation sites excluding steroid dienone is 1. The van der Waals surface area contributed by atoms with E-state index >= 15 is 0 Å². The zero-order valence-corrected chi connectivity index (χ0v) is 11.4. The standard InChI is InChI=1S/C13H13NO4S/c1-8(11-7-12(15)14-13(11)16)9-3-5-10(6-4-9)19(2,17)18/h3-6H,7H2,1-2H3,(H,14,15,16). The maximum atomic E-state index is 11.5. The fourth-order valence-electron chi connectivity index (χ4n) is 1.92. The number of benzene rings is 1. The van der Waals surface area contributed by atoms with Crippen molar-refractivity contribution in [1.29, 1.82) is 0 Å². The molecule has 0 radical (unpaired) electrons. The van der Waals surface area contributed by atoms with Gasteiger partial charge in [-0.3, -0.25) is 14.9 Å². The Kier molecular flexibility index (Phi) is 3.28. The summed E-state index contributed by atoms with van der Waals surface area (Å²) >= 11 is 0. The molecule has 1 fully saturated rings. The highest BCUT2D eigenvalue weighted by atomic mass is 32.2. The molecule has 1 aliphatic rings. The van der Waals surface area contributed by atoms with Crippen molar-refractivity contribution >= 4 is 27.2 Å². The van der Waals surface area contributed by atoms with Crippen LogP contribution in [0.3, 0.4) is 0 Å². The Balaban J connectivity index is 2.41. The van der Waals surface area contributed by atoms with Crippen LogP contribution < -0.4 is 5.32 Å². The summed E-state index contributed by atoms with van der Waals surface area (Å²) in [6, 6.07) is 6.25. The number of nitrogens with one attached hydrogen (secondary N) is 1. The van der Waals surface area contributed by atoms with Crippen molar-refractivity contribution in [3.05, 3.63) is 35.4 Å². The number of hydrogen-bond donors (Lipinski definition) is 1. The first kappa shape index (κ1) is 13.5. The van der Waals surface area contributed by atoms with Crippen LogP contribution in [0.1, 0.15) is 18.9 Å². The van der Waals surface area contributed by atoms with Crippen LogP contribution in [0.4, 0.5) is 0 Å². The van der Waals surface area contributed by atoms with Crippen LogP contribution in [0.5, 0.6) is 0 Å². The van der Waals surface area contributed by atoms with E-state index in [0.717, 1.165) is 11.8 Å². The van der Waals surface area contributed by atoms with E-state index in [-0.39, 0.29) is 23.1 Å². The first-order valence-corrected chi connectivity index (χ1v) is 7.52. The third kappa shape index (κ3) is 2.73. The lowest BCUT2D eigenvalue weighted by Crippen LogP contribution is -2.19. The molecule has 1 aromatic carbocycles. The summed E-state index contributed by atoms with van der Waals surface area (Å²) in [7, 11) is -3.23. The predicted octanol–water partition coefficient (Wildman–Crippen LogP) is 0.910. The van der Waals surface area contributed by atoms with Crippen LogP contribution in [0, 0.1) is 0 Å². The molecule has 1 aliphatic heterocycles. The summed E-state index contributed by atoms with van der Waals surface area (Å²) in [6.07, 6.45) is 1.20. The summed E-state index contributed by atoms with van der Waals surface area (Å²) in [6.45, 7) is 1.74. The van der Waals surface area contributed by atoms with Crippen molar-refractivity contribution in [3.8, 4) is 0 Å². The minimum Gasteiger partial charge on any atom is -0.292 e. The molecule has 0 atom stereocenters. The predicted molar refractivity (Wildman–Crippen MR) is 69.9 cm³/mol. The summed E-state index contributed by atoms with van der Waals surface area (Å²) in [5, 5.41) is 2.22. The van der Waals surface area contributed by atoms with Crippen LogP contribution in [-0.4, -0.2) is 26.5 Å². The maximum absolute atomic E-state index is 11.5. The SMILES string of the molecule is CC(=C1CC(=O)NC1=O)c1ccc(S(C)(=O)=O)cc1. The van der Waals surface area contributed by atoms with Gasteiger partial charge in [-0.25, -0.2) is 8.42 Å². The lowest BCUT2D eigenvalue weighted by Gasteiger charge is -2.05. The van der Waals surface area contributed by atoms with Crippen LogP contribution in [0.2, 0.25) is 0 Å². The van der Waals surface area contributed by atoms with Crippen LogP contribution in [0.15, 0.2) is 34.7 Å². The molecule has 0 saturated carbocycles. The van der Waals surface area contributed by atoms with Crippen molar-refractivity contribution < 1.29 is 18.0 Å². The third-order valence-electron chi connectivity index (χ3n) is 3.03. The van der Waals surface area contributed by atoms with Crippen molar-refractivity contribution in [2.24, 2.45) is 0 Å². The van der Waals surface area contributed by atoms with Crippen LogP contribution >= 0.6 is 0 Å². The largest absolute Gasteiger partial charge is 0.292 e. The van der Waals surface area contributed by atoms with E-state index in [1.165, 1.54) is 12.1 Å². The Morgan fingerprint density at radius 2 is 1.74 bits per heavy atom. The van der Waals surface area contributed by atoms with E-state index in [1.54, 1.807) is 19.1 Å². The highest BCUT2D eigenvalue weighted by Gasteiger charge is 2.26. The van der Waals surface area contributed by atoms with E-state index in [4.69, 9.17) is 0 Å². The molecule has 0 bridgehead atoms. The zero-order valence-electron chi connectivity index (χ0n) is 10.6. The monoisotopic (exact) mass is 279 g/mol. The molecule has 0 unspecified atom stereocenters. The molecule has 6 heteroatoms. The number of amides is 2. The fraction of sp³-hybridized carbons (Fsp3) is 0.231. The molecule has 0 spiro atoms. The molecule has 19 heavy (non-hydrogen) atoms. The summed E-state index contributed by atoms with van der Waals surface area (Å²) in [4.78, 5) is 22.9. The fourth-order valence-corrected chi connectivity index (χ4v) is 2.55. The second-order valence-electron chi connectivity index (χ2n) is 4.45. The van der Waals surface area contributed by atoms with E-state index in [9.17, 15) is 18.0 Å². The second kappa shape index (κ2) is 4.62. The van der Waals surface area contributed by atoms with Crippen molar-refractivity contribution in [1.82, 2.24) is 5.32 Å². The third-order valence-corrected chi connectivity index (χ3v) is 4.16. The molecule has 1 saturated heterocycles. The minimum absolute atomic E-state index is 0.0680. The molecule has 1 aromatic rings. The van der Waals surface area contributed by atoms with Crippen molar-refractivity contribution in [2.75, 3.05) is 6.26 Å². The molecule has 100 valence electrons. The Morgan fingerprint density at radius 1 is 1.16 bits per heavy atom. The minimum atomic E-state index is -3.23. The number of carbonyl (C=O) groups is 2. The Bertz CT molecular complexity index is 684. The van der Waals surface area contributed by atoms with Gasteiger partial charge in [0.2, 0.25) is 5.91 Å². The average molecular weight is 279 g/mol. The Morgan fingerprint density at radius 3 is 2.16 bits per heavy atom. The molecule has 2 amide bonds. The summed E-state index contributed by atoms with van der Waals surface area (Å²) in [5.74, 6) is -0.693. The first-order chi connectivity index (χ1) is 8.79.